The lowest BCUT2D eigenvalue weighted by atomic mass is 10.1. The summed E-state index contributed by atoms with van der Waals surface area (Å²) in [5.41, 5.74) is 3.04. The van der Waals surface area contributed by atoms with E-state index < -0.39 is 0 Å². The number of nitrogens with zero attached hydrogens (tertiary/aromatic N) is 5. The molecule has 0 bridgehead atoms. The van der Waals surface area contributed by atoms with Crippen molar-refractivity contribution in [3.05, 3.63) is 47.8 Å². The Labute approximate surface area is 154 Å². The second kappa shape index (κ2) is 7.32. The van der Waals surface area contributed by atoms with Crippen molar-refractivity contribution in [2.24, 2.45) is 0 Å². The molecule has 2 aromatic rings. The molecule has 0 atom stereocenters. The van der Waals surface area contributed by atoms with Crippen molar-refractivity contribution in [2.45, 2.75) is 19.8 Å². The maximum Gasteiger partial charge on any atom is 0.272 e. The highest BCUT2D eigenvalue weighted by molar-refractivity contribution is 5.92. The third-order valence-electron chi connectivity index (χ3n) is 5.27. The lowest BCUT2D eigenvalue weighted by Crippen LogP contribution is -2.49. The van der Waals surface area contributed by atoms with Crippen molar-refractivity contribution in [2.75, 3.05) is 49.1 Å². The number of hydrogen-bond acceptors (Lipinski definition) is 5. The highest BCUT2D eigenvalue weighted by Crippen LogP contribution is 2.21. The Balaban J connectivity index is 1.42. The van der Waals surface area contributed by atoms with Crippen LogP contribution in [0.25, 0.3) is 0 Å². The van der Waals surface area contributed by atoms with Crippen molar-refractivity contribution in [1.82, 2.24) is 14.9 Å². The highest BCUT2D eigenvalue weighted by Gasteiger charge is 2.25. The summed E-state index contributed by atoms with van der Waals surface area (Å²) in [6.45, 7) is 7.22. The molecule has 0 aliphatic carbocycles. The van der Waals surface area contributed by atoms with Crippen molar-refractivity contribution >= 4 is 17.5 Å². The Morgan fingerprint density at radius 3 is 2.38 bits per heavy atom. The number of para-hydroxylation sites is 1. The maximum absolute atomic E-state index is 12.9. The second-order valence-electron chi connectivity index (χ2n) is 7.00. The van der Waals surface area contributed by atoms with E-state index in [0.29, 0.717) is 11.6 Å². The molecule has 4 rings (SSSR count). The number of aromatic nitrogens is 2. The van der Waals surface area contributed by atoms with E-state index in [4.69, 9.17) is 0 Å². The Hall–Kier alpha value is -2.63. The molecule has 0 saturated carbocycles. The minimum Gasteiger partial charge on any atom is -0.368 e. The van der Waals surface area contributed by atoms with Gasteiger partial charge in [0, 0.05) is 51.2 Å². The molecule has 0 radical (unpaired) electrons. The van der Waals surface area contributed by atoms with E-state index in [0.717, 1.165) is 39.3 Å². The van der Waals surface area contributed by atoms with E-state index in [9.17, 15) is 4.79 Å². The summed E-state index contributed by atoms with van der Waals surface area (Å²) >= 11 is 0. The molecule has 1 aromatic carbocycles. The molecule has 0 unspecified atom stereocenters. The number of piperazine rings is 1. The van der Waals surface area contributed by atoms with Gasteiger partial charge in [-0.1, -0.05) is 18.2 Å². The van der Waals surface area contributed by atoms with Crippen LogP contribution < -0.4 is 9.80 Å². The van der Waals surface area contributed by atoms with E-state index in [-0.39, 0.29) is 5.91 Å². The van der Waals surface area contributed by atoms with Gasteiger partial charge in [0.1, 0.15) is 5.69 Å². The van der Waals surface area contributed by atoms with Crippen LogP contribution in [0.4, 0.5) is 11.6 Å². The first-order valence-electron chi connectivity index (χ1n) is 9.40. The molecule has 2 saturated heterocycles. The van der Waals surface area contributed by atoms with Crippen LogP contribution in [0.15, 0.2) is 36.5 Å². The largest absolute Gasteiger partial charge is 0.368 e. The minimum absolute atomic E-state index is 0.0114. The number of rotatable bonds is 3. The van der Waals surface area contributed by atoms with Gasteiger partial charge in [-0.2, -0.15) is 0 Å². The van der Waals surface area contributed by atoms with Crippen LogP contribution in [0.1, 0.15) is 28.9 Å². The van der Waals surface area contributed by atoms with Gasteiger partial charge in [0.2, 0.25) is 5.95 Å². The van der Waals surface area contributed by atoms with Crippen LogP contribution >= 0.6 is 0 Å². The first kappa shape index (κ1) is 16.8. The zero-order valence-electron chi connectivity index (χ0n) is 15.3. The average molecular weight is 351 g/mol. The molecule has 6 nitrogen and oxygen atoms in total. The number of amides is 1. The summed E-state index contributed by atoms with van der Waals surface area (Å²) in [5.74, 6) is 0.698. The van der Waals surface area contributed by atoms with Crippen LogP contribution in [0.5, 0.6) is 0 Å². The molecule has 0 N–H and O–H groups in total. The topological polar surface area (TPSA) is 52.6 Å². The molecule has 6 heteroatoms. The van der Waals surface area contributed by atoms with E-state index in [1.807, 2.05) is 4.90 Å². The highest BCUT2D eigenvalue weighted by atomic mass is 16.2. The summed E-state index contributed by atoms with van der Waals surface area (Å²) in [6.07, 6.45) is 4.04. The third kappa shape index (κ3) is 3.36. The van der Waals surface area contributed by atoms with Crippen molar-refractivity contribution < 1.29 is 4.79 Å². The molecule has 1 aromatic heterocycles. The molecule has 3 heterocycles. The molecule has 2 fully saturated rings. The Kier molecular flexibility index (Phi) is 4.73. The average Bonchev–Trinajstić information content (AvgIpc) is 3.23. The fourth-order valence-electron chi connectivity index (χ4n) is 3.77. The van der Waals surface area contributed by atoms with Gasteiger partial charge in [-0.25, -0.2) is 9.97 Å². The maximum atomic E-state index is 12.9. The normalized spacial score (nSPS) is 17.7. The lowest BCUT2D eigenvalue weighted by molar-refractivity contribution is 0.0740. The van der Waals surface area contributed by atoms with Gasteiger partial charge in [0.25, 0.3) is 5.91 Å². The summed E-state index contributed by atoms with van der Waals surface area (Å²) in [5, 5.41) is 0. The van der Waals surface area contributed by atoms with E-state index >= 15 is 0 Å². The summed E-state index contributed by atoms with van der Waals surface area (Å²) in [4.78, 5) is 28.2. The molecule has 26 heavy (non-hydrogen) atoms. The predicted octanol–water partition coefficient (Wildman–Crippen LogP) is 2.35. The van der Waals surface area contributed by atoms with Gasteiger partial charge in [-0.3, -0.25) is 4.79 Å². The number of aryl methyl sites for hydroxylation is 1. The predicted molar refractivity (Wildman–Crippen MR) is 103 cm³/mol. The van der Waals surface area contributed by atoms with Crippen molar-refractivity contribution in [3.63, 3.8) is 0 Å². The number of benzene rings is 1. The Morgan fingerprint density at radius 1 is 0.923 bits per heavy atom. The number of hydrogen-bond donors (Lipinski definition) is 0. The van der Waals surface area contributed by atoms with Gasteiger partial charge < -0.3 is 14.7 Å². The van der Waals surface area contributed by atoms with Crippen LogP contribution in [0.2, 0.25) is 0 Å². The van der Waals surface area contributed by atoms with Gasteiger partial charge in [-0.05, 0) is 37.5 Å². The first-order valence-corrected chi connectivity index (χ1v) is 9.40. The van der Waals surface area contributed by atoms with Crippen LogP contribution in [-0.2, 0) is 0 Å². The molecule has 136 valence electrons. The fourth-order valence-corrected chi connectivity index (χ4v) is 3.77. The quantitative estimate of drug-likeness (QED) is 0.850. The standard InChI is InChI=1S/C20H25N5O/c1-16-6-2-3-7-18(16)23-12-14-24(15-13-23)19(26)17-8-9-21-20(22-17)25-10-4-5-11-25/h2-3,6-9H,4-5,10-15H2,1H3. The monoisotopic (exact) mass is 351 g/mol. The second-order valence-corrected chi connectivity index (χ2v) is 7.00. The minimum atomic E-state index is 0.0114. The van der Waals surface area contributed by atoms with Gasteiger partial charge in [-0.15, -0.1) is 0 Å². The van der Waals surface area contributed by atoms with E-state index in [1.165, 1.54) is 24.1 Å². The first-order chi connectivity index (χ1) is 12.7. The van der Waals surface area contributed by atoms with Crippen molar-refractivity contribution in [3.8, 4) is 0 Å². The molecule has 2 aliphatic rings. The zero-order chi connectivity index (χ0) is 17.9. The van der Waals surface area contributed by atoms with Gasteiger partial charge >= 0.3 is 0 Å². The van der Waals surface area contributed by atoms with Gasteiger partial charge in [0.05, 0.1) is 0 Å². The molecule has 1 amide bonds. The smallest absolute Gasteiger partial charge is 0.272 e. The Morgan fingerprint density at radius 2 is 1.65 bits per heavy atom. The van der Waals surface area contributed by atoms with Crippen LogP contribution in [-0.4, -0.2) is 60.0 Å². The van der Waals surface area contributed by atoms with Crippen LogP contribution in [0.3, 0.4) is 0 Å². The van der Waals surface area contributed by atoms with Crippen LogP contribution in [0, 0.1) is 6.92 Å². The number of carbonyl (C=O) groups is 1. The summed E-state index contributed by atoms with van der Waals surface area (Å²) < 4.78 is 0. The number of carbonyl (C=O) groups excluding carboxylic acids is 1. The molecular formula is C20H25N5O. The number of anilines is 2. The lowest BCUT2D eigenvalue weighted by Gasteiger charge is -2.36. The van der Waals surface area contributed by atoms with Gasteiger partial charge in [0.15, 0.2) is 0 Å². The molecule has 0 spiro atoms. The SMILES string of the molecule is Cc1ccccc1N1CCN(C(=O)c2ccnc(N3CCCC3)n2)CC1. The fraction of sp³-hybridized carbons (Fsp3) is 0.450. The summed E-state index contributed by atoms with van der Waals surface area (Å²) in [7, 11) is 0. The summed E-state index contributed by atoms with van der Waals surface area (Å²) in [6, 6.07) is 10.1. The Bertz CT molecular complexity index is 779. The van der Waals surface area contributed by atoms with Crippen molar-refractivity contribution in [1.29, 1.82) is 0 Å². The molecular weight excluding hydrogens is 326 g/mol. The zero-order valence-corrected chi connectivity index (χ0v) is 15.3. The third-order valence-corrected chi connectivity index (χ3v) is 5.27. The molecule has 2 aliphatic heterocycles. The van der Waals surface area contributed by atoms with E-state index in [2.05, 4.69) is 51.0 Å². The van der Waals surface area contributed by atoms with E-state index in [1.54, 1.807) is 12.3 Å².